The molecule has 0 aromatic heterocycles. The number of ether oxygens (including phenoxy) is 1. The number of carbonyl (C=O) groups is 1. The highest BCUT2D eigenvalue weighted by Crippen LogP contribution is 2.13. The van der Waals surface area contributed by atoms with Crippen molar-refractivity contribution in [1.29, 1.82) is 0 Å². The van der Waals surface area contributed by atoms with Crippen LogP contribution in [0.1, 0.15) is 38.7 Å². The third-order valence-electron chi connectivity index (χ3n) is 2.89. The second-order valence-electron chi connectivity index (χ2n) is 4.63. The number of methoxy groups -OCH3 is 1. The first-order valence-electron chi connectivity index (χ1n) is 6.58. The summed E-state index contributed by atoms with van der Waals surface area (Å²) in [7, 11) is 1.41. The molecule has 0 aliphatic heterocycles. The van der Waals surface area contributed by atoms with Gasteiger partial charge in [0.15, 0.2) is 0 Å². The quantitative estimate of drug-likeness (QED) is 0.753. The molecule has 0 fully saturated rings. The lowest BCUT2D eigenvalue weighted by Crippen LogP contribution is -2.20. The zero-order valence-corrected chi connectivity index (χ0v) is 11.5. The molecule has 0 spiro atoms. The first kappa shape index (κ1) is 14.6. The van der Waals surface area contributed by atoms with Gasteiger partial charge in [0.25, 0.3) is 0 Å². The molecule has 3 nitrogen and oxygen atoms in total. The standard InChI is InChI=1S/C15H23NO2/c1-4-5-6-13-7-9-14(10-8-13)16-12(2)11-15(17)18-3/h7-10,12,16H,4-6,11H2,1-3H3. The van der Waals surface area contributed by atoms with Crippen LogP contribution in [0.25, 0.3) is 0 Å². The van der Waals surface area contributed by atoms with Crippen molar-refractivity contribution >= 4 is 11.7 Å². The van der Waals surface area contributed by atoms with Gasteiger partial charge in [-0.3, -0.25) is 4.79 Å². The van der Waals surface area contributed by atoms with Gasteiger partial charge in [-0.1, -0.05) is 25.5 Å². The number of benzene rings is 1. The summed E-state index contributed by atoms with van der Waals surface area (Å²) in [6.45, 7) is 4.17. The minimum atomic E-state index is -0.186. The Bertz CT molecular complexity index is 359. The Balaban J connectivity index is 2.45. The Morgan fingerprint density at radius 2 is 2.00 bits per heavy atom. The number of anilines is 1. The van der Waals surface area contributed by atoms with Crippen LogP contribution in [0.2, 0.25) is 0 Å². The number of rotatable bonds is 7. The molecule has 18 heavy (non-hydrogen) atoms. The Kier molecular flexibility index (Phi) is 6.26. The molecule has 0 radical (unpaired) electrons. The lowest BCUT2D eigenvalue weighted by atomic mass is 10.1. The molecule has 0 amide bonds. The fourth-order valence-corrected chi connectivity index (χ4v) is 1.82. The molecular weight excluding hydrogens is 226 g/mol. The predicted molar refractivity (Wildman–Crippen MR) is 74.8 cm³/mol. The normalized spacial score (nSPS) is 11.9. The Labute approximate surface area is 110 Å². The second kappa shape index (κ2) is 7.75. The summed E-state index contributed by atoms with van der Waals surface area (Å²) in [5, 5.41) is 3.29. The molecule has 1 N–H and O–H groups in total. The molecule has 1 aromatic rings. The molecule has 1 unspecified atom stereocenters. The third-order valence-corrected chi connectivity index (χ3v) is 2.89. The number of esters is 1. The summed E-state index contributed by atoms with van der Waals surface area (Å²) in [5.74, 6) is -0.186. The van der Waals surface area contributed by atoms with Crippen molar-refractivity contribution < 1.29 is 9.53 Å². The Hall–Kier alpha value is -1.51. The van der Waals surface area contributed by atoms with Crippen molar-refractivity contribution in [1.82, 2.24) is 0 Å². The van der Waals surface area contributed by atoms with Crippen molar-refractivity contribution in [3.63, 3.8) is 0 Å². The lowest BCUT2D eigenvalue weighted by molar-refractivity contribution is -0.140. The SMILES string of the molecule is CCCCc1ccc(NC(C)CC(=O)OC)cc1. The van der Waals surface area contributed by atoms with Gasteiger partial charge in [0, 0.05) is 11.7 Å². The van der Waals surface area contributed by atoms with Crippen molar-refractivity contribution in [3.05, 3.63) is 29.8 Å². The van der Waals surface area contributed by atoms with E-state index in [0.717, 1.165) is 12.1 Å². The van der Waals surface area contributed by atoms with E-state index in [9.17, 15) is 4.79 Å². The van der Waals surface area contributed by atoms with Gasteiger partial charge in [0.1, 0.15) is 0 Å². The molecule has 0 aliphatic carbocycles. The van der Waals surface area contributed by atoms with E-state index in [4.69, 9.17) is 0 Å². The van der Waals surface area contributed by atoms with Gasteiger partial charge in [0.05, 0.1) is 13.5 Å². The van der Waals surface area contributed by atoms with E-state index in [1.165, 1.54) is 25.5 Å². The van der Waals surface area contributed by atoms with Crippen LogP contribution >= 0.6 is 0 Å². The van der Waals surface area contributed by atoms with Crippen LogP contribution < -0.4 is 5.32 Å². The minimum absolute atomic E-state index is 0.0824. The van der Waals surface area contributed by atoms with Gasteiger partial charge in [-0.15, -0.1) is 0 Å². The summed E-state index contributed by atoms with van der Waals surface area (Å²) in [6.07, 6.45) is 3.96. The van der Waals surface area contributed by atoms with Gasteiger partial charge < -0.3 is 10.1 Å². The predicted octanol–water partition coefficient (Wildman–Crippen LogP) is 3.39. The van der Waals surface area contributed by atoms with E-state index in [0.29, 0.717) is 6.42 Å². The van der Waals surface area contributed by atoms with Crippen LogP contribution in [0.15, 0.2) is 24.3 Å². The van der Waals surface area contributed by atoms with Gasteiger partial charge in [-0.05, 0) is 37.5 Å². The molecule has 1 rings (SSSR count). The van der Waals surface area contributed by atoms with Gasteiger partial charge in [-0.25, -0.2) is 0 Å². The number of hydrogen-bond acceptors (Lipinski definition) is 3. The van der Waals surface area contributed by atoms with E-state index >= 15 is 0 Å². The average molecular weight is 249 g/mol. The van der Waals surface area contributed by atoms with Crippen molar-refractivity contribution in [3.8, 4) is 0 Å². The molecule has 0 aliphatic rings. The summed E-state index contributed by atoms with van der Waals surface area (Å²) >= 11 is 0. The molecule has 1 aromatic carbocycles. The molecule has 1 atom stereocenters. The number of unbranched alkanes of at least 4 members (excludes halogenated alkanes) is 1. The minimum Gasteiger partial charge on any atom is -0.469 e. The van der Waals surface area contributed by atoms with Crippen LogP contribution in [0.5, 0.6) is 0 Å². The van der Waals surface area contributed by atoms with Crippen LogP contribution in [0.3, 0.4) is 0 Å². The van der Waals surface area contributed by atoms with Crippen LogP contribution in [-0.2, 0) is 16.0 Å². The third kappa shape index (κ3) is 5.21. The molecule has 0 saturated carbocycles. The maximum absolute atomic E-state index is 11.1. The Morgan fingerprint density at radius 1 is 1.33 bits per heavy atom. The van der Waals surface area contributed by atoms with E-state index in [-0.39, 0.29) is 12.0 Å². The highest BCUT2D eigenvalue weighted by molar-refractivity contribution is 5.70. The molecule has 0 heterocycles. The molecular formula is C15H23NO2. The maximum Gasteiger partial charge on any atom is 0.307 e. The summed E-state index contributed by atoms with van der Waals surface area (Å²) in [4.78, 5) is 11.1. The van der Waals surface area contributed by atoms with Crippen molar-refractivity contribution in [2.75, 3.05) is 12.4 Å². The van der Waals surface area contributed by atoms with Gasteiger partial charge in [0.2, 0.25) is 0 Å². The number of hydrogen-bond donors (Lipinski definition) is 1. The first-order chi connectivity index (χ1) is 8.65. The molecule has 0 bridgehead atoms. The fraction of sp³-hybridized carbons (Fsp3) is 0.533. The lowest BCUT2D eigenvalue weighted by Gasteiger charge is -2.14. The topological polar surface area (TPSA) is 38.3 Å². The largest absolute Gasteiger partial charge is 0.469 e. The summed E-state index contributed by atoms with van der Waals surface area (Å²) < 4.78 is 4.64. The Morgan fingerprint density at radius 3 is 2.56 bits per heavy atom. The molecule has 100 valence electrons. The first-order valence-corrected chi connectivity index (χ1v) is 6.58. The van der Waals surface area contributed by atoms with E-state index < -0.39 is 0 Å². The van der Waals surface area contributed by atoms with Crippen LogP contribution in [0.4, 0.5) is 5.69 Å². The second-order valence-corrected chi connectivity index (χ2v) is 4.63. The molecule has 3 heteroatoms. The van der Waals surface area contributed by atoms with Crippen molar-refractivity contribution in [2.24, 2.45) is 0 Å². The number of aryl methyl sites for hydroxylation is 1. The number of nitrogens with one attached hydrogen (secondary N) is 1. The zero-order chi connectivity index (χ0) is 13.4. The van der Waals surface area contributed by atoms with E-state index in [1.54, 1.807) is 0 Å². The van der Waals surface area contributed by atoms with Crippen molar-refractivity contribution in [2.45, 2.75) is 45.6 Å². The fourth-order valence-electron chi connectivity index (χ4n) is 1.82. The highest BCUT2D eigenvalue weighted by atomic mass is 16.5. The average Bonchev–Trinajstić information content (AvgIpc) is 2.37. The van der Waals surface area contributed by atoms with Gasteiger partial charge >= 0.3 is 5.97 Å². The summed E-state index contributed by atoms with van der Waals surface area (Å²) in [6, 6.07) is 8.50. The highest BCUT2D eigenvalue weighted by Gasteiger charge is 2.08. The smallest absolute Gasteiger partial charge is 0.307 e. The zero-order valence-electron chi connectivity index (χ0n) is 11.5. The maximum atomic E-state index is 11.1. The van der Waals surface area contributed by atoms with Crippen LogP contribution in [-0.4, -0.2) is 19.1 Å². The van der Waals surface area contributed by atoms with Gasteiger partial charge in [-0.2, -0.15) is 0 Å². The van der Waals surface area contributed by atoms with E-state index in [2.05, 4.69) is 41.2 Å². The number of carbonyl (C=O) groups excluding carboxylic acids is 1. The van der Waals surface area contributed by atoms with E-state index in [1.807, 2.05) is 6.92 Å². The molecule has 0 saturated heterocycles. The summed E-state index contributed by atoms with van der Waals surface area (Å²) in [5.41, 5.74) is 2.41. The monoisotopic (exact) mass is 249 g/mol. The van der Waals surface area contributed by atoms with Crippen LogP contribution in [0, 0.1) is 0 Å².